The molecule has 0 atom stereocenters. The van der Waals surface area contributed by atoms with Crippen molar-refractivity contribution in [2.24, 2.45) is 0 Å². The largest absolute Gasteiger partial charge is 0.444 e. The van der Waals surface area contributed by atoms with Gasteiger partial charge in [-0.15, -0.1) is 0 Å². The van der Waals surface area contributed by atoms with Gasteiger partial charge in [0.15, 0.2) is 5.82 Å². The molecule has 30 heavy (non-hydrogen) atoms. The van der Waals surface area contributed by atoms with E-state index in [1.807, 2.05) is 32.4 Å². The third-order valence-electron chi connectivity index (χ3n) is 4.85. The molecule has 0 radical (unpaired) electrons. The molecule has 9 heteroatoms. The molecule has 0 aromatic carbocycles. The van der Waals surface area contributed by atoms with Crippen LogP contribution in [0.5, 0.6) is 0 Å². The van der Waals surface area contributed by atoms with Gasteiger partial charge in [-0.05, 0) is 46.6 Å². The van der Waals surface area contributed by atoms with Crippen molar-refractivity contribution in [1.29, 1.82) is 0 Å². The smallest absolute Gasteiger partial charge is 0.410 e. The average Bonchev–Trinajstić information content (AvgIpc) is 3.08. The van der Waals surface area contributed by atoms with Crippen LogP contribution in [0.4, 0.5) is 4.79 Å². The number of pyridine rings is 1. The second kappa shape index (κ2) is 8.41. The van der Waals surface area contributed by atoms with E-state index in [-0.39, 0.29) is 18.0 Å². The maximum Gasteiger partial charge on any atom is 0.410 e. The molecule has 1 saturated heterocycles. The summed E-state index contributed by atoms with van der Waals surface area (Å²) in [6.45, 7) is 8.63. The van der Waals surface area contributed by atoms with Crippen molar-refractivity contribution in [3.05, 3.63) is 29.8 Å². The summed E-state index contributed by atoms with van der Waals surface area (Å²) in [6, 6.07) is 1.90. The van der Waals surface area contributed by atoms with Gasteiger partial charge < -0.3 is 14.5 Å². The molecule has 1 fully saturated rings. The van der Waals surface area contributed by atoms with Crippen LogP contribution in [0, 0.1) is 6.92 Å². The molecule has 0 N–H and O–H groups in total. The fraction of sp³-hybridized carbons (Fsp3) is 0.571. The number of piperidine rings is 1. The Morgan fingerprint density at radius 2 is 1.83 bits per heavy atom. The number of amides is 2. The highest BCUT2D eigenvalue weighted by Gasteiger charge is 2.29. The monoisotopic (exact) mass is 414 g/mol. The van der Waals surface area contributed by atoms with Crippen molar-refractivity contribution in [2.75, 3.05) is 27.2 Å². The number of carbonyl (C=O) groups excluding carboxylic acids is 2. The van der Waals surface area contributed by atoms with Crippen molar-refractivity contribution in [1.82, 2.24) is 29.5 Å². The molecule has 0 saturated carbocycles. The number of aromatic nitrogens is 4. The van der Waals surface area contributed by atoms with E-state index in [9.17, 15) is 9.59 Å². The van der Waals surface area contributed by atoms with Crippen molar-refractivity contribution < 1.29 is 14.3 Å². The van der Waals surface area contributed by atoms with Crippen LogP contribution in [0.15, 0.2) is 18.5 Å². The molecular weight excluding hydrogens is 384 g/mol. The van der Waals surface area contributed by atoms with Gasteiger partial charge in [0, 0.05) is 45.1 Å². The molecule has 3 rings (SSSR count). The van der Waals surface area contributed by atoms with Crippen LogP contribution < -0.4 is 0 Å². The van der Waals surface area contributed by atoms with Crippen LogP contribution in [0.1, 0.15) is 55.8 Å². The second-order valence-electron chi connectivity index (χ2n) is 8.79. The van der Waals surface area contributed by atoms with Gasteiger partial charge in [0.2, 0.25) is 0 Å². The first-order valence-corrected chi connectivity index (χ1v) is 10.1. The van der Waals surface area contributed by atoms with Gasteiger partial charge in [-0.1, -0.05) is 0 Å². The molecule has 2 aromatic heterocycles. The normalized spacial score (nSPS) is 15.2. The standard InChI is InChI=1S/C21H30N6O3/c1-14-23-18(15-11-16(13-22-12-15)19(28)25(5)6)27(24-14)17-7-9-26(10-8-17)20(29)30-21(2,3)4/h11-13,17H,7-10H2,1-6H3. The summed E-state index contributed by atoms with van der Waals surface area (Å²) >= 11 is 0. The van der Waals surface area contributed by atoms with Crippen LogP contribution in [0.2, 0.25) is 0 Å². The maximum absolute atomic E-state index is 12.3. The topological polar surface area (TPSA) is 93.5 Å². The highest BCUT2D eigenvalue weighted by molar-refractivity contribution is 5.94. The van der Waals surface area contributed by atoms with Crippen LogP contribution in [-0.4, -0.2) is 74.3 Å². The van der Waals surface area contributed by atoms with Gasteiger partial charge in [0.05, 0.1) is 11.6 Å². The van der Waals surface area contributed by atoms with E-state index in [0.29, 0.717) is 30.3 Å². The lowest BCUT2D eigenvalue weighted by Crippen LogP contribution is -2.42. The minimum atomic E-state index is -0.508. The van der Waals surface area contributed by atoms with Gasteiger partial charge in [-0.3, -0.25) is 9.78 Å². The van der Waals surface area contributed by atoms with Crippen LogP contribution in [0.25, 0.3) is 11.4 Å². The summed E-state index contributed by atoms with van der Waals surface area (Å²) in [5.41, 5.74) is 0.744. The highest BCUT2D eigenvalue weighted by atomic mass is 16.6. The van der Waals surface area contributed by atoms with Gasteiger partial charge in [-0.25, -0.2) is 14.5 Å². The number of aryl methyl sites for hydroxylation is 1. The van der Waals surface area contributed by atoms with Crippen molar-refractivity contribution in [3.63, 3.8) is 0 Å². The SMILES string of the molecule is Cc1nc(-c2cncc(C(=O)N(C)C)c2)n(C2CCN(C(=O)OC(C)(C)C)CC2)n1. The quantitative estimate of drug-likeness (QED) is 0.767. The molecule has 3 heterocycles. The fourth-order valence-electron chi connectivity index (χ4n) is 3.44. The first-order chi connectivity index (χ1) is 14.0. The number of carbonyl (C=O) groups is 2. The number of rotatable bonds is 3. The predicted octanol–water partition coefficient (Wildman–Crippen LogP) is 2.92. The first kappa shape index (κ1) is 21.7. The number of likely N-dealkylation sites (tertiary alicyclic amines) is 1. The summed E-state index contributed by atoms with van der Waals surface area (Å²) in [6.07, 6.45) is 4.47. The Kier molecular flexibility index (Phi) is 6.09. The highest BCUT2D eigenvalue weighted by Crippen LogP contribution is 2.28. The third-order valence-corrected chi connectivity index (χ3v) is 4.85. The fourth-order valence-corrected chi connectivity index (χ4v) is 3.44. The van der Waals surface area contributed by atoms with E-state index in [2.05, 4.69) is 15.1 Å². The third kappa shape index (κ3) is 4.95. The average molecular weight is 415 g/mol. The van der Waals surface area contributed by atoms with E-state index in [1.165, 1.54) is 4.90 Å². The Balaban J connectivity index is 1.78. The zero-order valence-electron chi connectivity index (χ0n) is 18.5. The van der Waals surface area contributed by atoms with Crippen LogP contribution >= 0.6 is 0 Å². The zero-order valence-corrected chi connectivity index (χ0v) is 18.5. The zero-order chi connectivity index (χ0) is 22.1. The number of hydrogen-bond acceptors (Lipinski definition) is 6. The van der Waals surface area contributed by atoms with Crippen molar-refractivity contribution in [2.45, 2.75) is 52.2 Å². The molecule has 1 aliphatic heterocycles. The lowest BCUT2D eigenvalue weighted by Gasteiger charge is -2.33. The summed E-state index contributed by atoms with van der Waals surface area (Å²) < 4.78 is 7.38. The molecule has 0 bridgehead atoms. The minimum Gasteiger partial charge on any atom is -0.444 e. The van der Waals surface area contributed by atoms with Gasteiger partial charge in [0.25, 0.3) is 5.91 Å². The Bertz CT molecular complexity index is 923. The first-order valence-electron chi connectivity index (χ1n) is 10.1. The molecule has 1 aliphatic rings. The Hall–Kier alpha value is -2.97. The molecule has 0 spiro atoms. The van der Waals surface area contributed by atoms with E-state index < -0.39 is 5.60 Å². The van der Waals surface area contributed by atoms with Gasteiger partial charge in [-0.2, -0.15) is 5.10 Å². The lowest BCUT2D eigenvalue weighted by atomic mass is 10.0. The summed E-state index contributed by atoms with van der Waals surface area (Å²) in [7, 11) is 3.42. The van der Waals surface area contributed by atoms with Gasteiger partial charge >= 0.3 is 6.09 Å². The van der Waals surface area contributed by atoms with Crippen molar-refractivity contribution >= 4 is 12.0 Å². The van der Waals surface area contributed by atoms with Crippen molar-refractivity contribution in [3.8, 4) is 11.4 Å². The minimum absolute atomic E-state index is 0.105. The predicted molar refractivity (Wildman–Crippen MR) is 112 cm³/mol. The number of ether oxygens (including phenoxy) is 1. The number of nitrogens with zero attached hydrogens (tertiary/aromatic N) is 6. The van der Waals surface area contributed by atoms with Gasteiger partial charge in [0.1, 0.15) is 11.4 Å². The van der Waals surface area contributed by atoms with Crippen LogP contribution in [-0.2, 0) is 4.74 Å². The van der Waals surface area contributed by atoms with E-state index in [0.717, 1.165) is 18.4 Å². The van der Waals surface area contributed by atoms with Crippen LogP contribution in [0.3, 0.4) is 0 Å². The molecule has 0 unspecified atom stereocenters. The summed E-state index contributed by atoms with van der Waals surface area (Å²) in [4.78, 5) is 36.7. The van der Waals surface area contributed by atoms with E-state index in [1.54, 1.807) is 37.5 Å². The summed E-state index contributed by atoms with van der Waals surface area (Å²) in [5.74, 6) is 1.23. The number of hydrogen-bond donors (Lipinski definition) is 0. The Morgan fingerprint density at radius 1 is 1.17 bits per heavy atom. The molecule has 9 nitrogen and oxygen atoms in total. The lowest BCUT2D eigenvalue weighted by molar-refractivity contribution is 0.0185. The molecule has 2 aromatic rings. The molecular formula is C21H30N6O3. The summed E-state index contributed by atoms with van der Waals surface area (Å²) in [5, 5.41) is 4.60. The Morgan fingerprint density at radius 3 is 2.43 bits per heavy atom. The molecule has 162 valence electrons. The second-order valence-corrected chi connectivity index (χ2v) is 8.79. The molecule has 2 amide bonds. The van der Waals surface area contributed by atoms with E-state index in [4.69, 9.17) is 4.74 Å². The van der Waals surface area contributed by atoms with E-state index >= 15 is 0 Å². The Labute approximate surface area is 177 Å². The maximum atomic E-state index is 12.3. The molecule has 0 aliphatic carbocycles.